The molecule has 4 aromatic rings. The maximum Gasteiger partial charge on any atom is 0.240 e. The molecular formula is C20H20N4O. The zero-order valence-electron chi connectivity index (χ0n) is 14.3. The number of aryl methyl sites for hydroxylation is 1. The standard InChI is InChI=1S/C20H20N4O/c1-13-11-15-7-3-6-10-18(15)24(13)12-19(25)21-14(2)20-22-16-8-4-5-9-17(16)23-20/h3-11,14H,12H2,1-2H3,(H,21,25)(H,22,23). The predicted molar refractivity (Wildman–Crippen MR) is 99.3 cm³/mol. The second-order valence-corrected chi connectivity index (χ2v) is 6.36. The maximum atomic E-state index is 12.5. The lowest BCUT2D eigenvalue weighted by Gasteiger charge is -2.13. The Morgan fingerprint density at radius 2 is 1.96 bits per heavy atom. The Bertz CT molecular complexity index is 1030. The summed E-state index contributed by atoms with van der Waals surface area (Å²) in [5.74, 6) is 0.737. The molecule has 1 amide bonds. The second kappa shape index (κ2) is 6.09. The van der Waals surface area contributed by atoms with Gasteiger partial charge in [-0.3, -0.25) is 4.79 Å². The molecular weight excluding hydrogens is 312 g/mol. The van der Waals surface area contributed by atoms with Crippen LogP contribution in [0.15, 0.2) is 54.6 Å². The van der Waals surface area contributed by atoms with Crippen LogP contribution < -0.4 is 5.32 Å². The molecule has 0 spiro atoms. The van der Waals surface area contributed by atoms with Crippen LogP contribution in [0.2, 0.25) is 0 Å². The topological polar surface area (TPSA) is 62.7 Å². The minimum Gasteiger partial charge on any atom is -0.345 e. The van der Waals surface area contributed by atoms with E-state index in [0.717, 1.165) is 33.5 Å². The van der Waals surface area contributed by atoms with Gasteiger partial charge in [-0.1, -0.05) is 30.3 Å². The minimum absolute atomic E-state index is 0.0302. The van der Waals surface area contributed by atoms with Crippen LogP contribution in [0.3, 0.4) is 0 Å². The molecule has 0 saturated carbocycles. The molecule has 0 fully saturated rings. The Morgan fingerprint density at radius 1 is 1.20 bits per heavy atom. The molecule has 2 heterocycles. The number of imidazole rings is 1. The molecule has 0 aliphatic carbocycles. The maximum absolute atomic E-state index is 12.5. The van der Waals surface area contributed by atoms with Crippen LogP contribution in [0.1, 0.15) is 24.5 Å². The summed E-state index contributed by atoms with van der Waals surface area (Å²) in [4.78, 5) is 20.4. The molecule has 0 radical (unpaired) electrons. The van der Waals surface area contributed by atoms with E-state index in [-0.39, 0.29) is 11.9 Å². The molecule has 2 aromatic carbocycles. The minimum atomic E-state index is -0.179. The third-order valence-electron chi connectivity index (χ3n) is 4.51. The number of nitrogens with one attached hydrogen (secondary N) is 2. The predicted octanol–water partition coefficient (Wildman–Crippen LogP) is 3.70. The highest BCUT2D eigenvalue weighted by molar-refractivity contribution is 5.84. The molecule has 0 aliphatic heterocycles. The van der Waals surface area contributed by atoms with Gasteiger partial charge in [-0.05, 0) is 43.5 Å². The van der Waals surface area contributed by atoms with Crippen LogP contribution in [0.5, 0.6) is 0 Å². The number of carbonyl (C=O) groups is 1. The lowest BCUT2D eigenvalue weighted by molar-refractivity contribution is -0.122. The van der Waals surface area contributed by atoms with Crippen molar-refractivity contribution in [3.63, 3.8) is 0 Å². The average molecular weight is 332 g/mol. The van der Waals surface area contributed by atoms with Crippen molar-refractivity contribution in [3.05, 3.63) is 66.1 Å². The first-order chi connectivity index (χ1) is 12.1. The van der Waals surface area contributed by atoms with Gasteiger partial charge >= 0.3 is 0 Å². The Kier molecular flexibility index (Phi) is 3.76. The SMILES string of the molecule is Cc1cc2ccccc2n1CC(=O)NC(C)c1nc2ccccc2[nH]1. The van der Waals surface area contributed by atoms with Crippen molar-refractivity contribution in [1.29, 1.82) is 0 Å². The van der Waals surface area contributed by atoms with Crippen molar-refractivity contribution in [2.24, 2.45) is 0 Å². The summed E-state index contributed by atoms with van der Waals surface area (Å²) < 4.78 is 2.04. The van der Waals surface area contributed by atoms with E-state index in [1.54, 1.807) is 0 Å². The Balaban J connectivity index is 1.52. The molecule has 2 N–H and O–H groups in total. The molecule has 5 nitrogen and oxygen atoms in total. The highest BCUT2D eigenvalue weighted by atomic mass is 16.2. The Morgan fingerprint density at radius 3 is 2.80 bits per heavy atom. The van der Waals surface area contributed by atoms with Crippen molar-refractivity contribution in [1.82, 2.24) is 19.9 Å². The number of aromatic amines is 1. The smallest absolute Gasteiger partial charge is 0.240 e. The van der Waals surface area contributed by atoms with Gasteiger partial charge in [0.25, 0.3) is 0 Å². The van der Waals surface area contributed by atoms with E-state index in [2.05, 4.69) is 27.4 Å². The average Bonchev–Trinajstić information content (AvgIpc) is 3.16. The van der Waals surface area contributed by atoms with E-state index in [1.807, 2.05) is 60.9 Å². The molecule has 1 atom stereocenters. The van der Waals surface area contributed by atoms with Gasteiger partial charge in [0.15, 0.2) is 0 Å². The highest BCUT2D eigenvalue weighted by Gasteiger charge is 2.15. The fourth-order valence-electron chi connectivity index (χ4n) is 3.23. The molecule has 25 heavy (non-hydrogen) atoms. The van der Waals surface area contributed by atoms with Gasteiger partial charge in [-0.15, -0.1) is 0 Å². The van der Waals surface area contributed by atoms with Gasteiger partial charge in [-0.2, -0.15) is 0 Å². The summed E-state index contributed by atoms with van der Waals surface area (Å²) in [6.45, 7) is 4.26. The first-order valence-electron chi connectivity index (χ1n) is 8.41. The zero-order chi connectivity index (χ0) is 17.4. The van der Waals surface area contributed by atoms with Gasteiger partial charge in [0.05, 0.1) is 17.1 Å². The molecule has 2 aromatic heterocycles. The number of fused-ring (bicyclic) bond motifs is 2. The second-order valence-electron chi connectivity index (χ2n) is 6.36. The van der Waals surface area contributed by atoms with Crippen LogP contribution in [0, 0.1) is 6.92 Å². The number of hydrogen-bond donors (Lipinski definition) is 2. The van der Waals surface area contributed by atoms with Gasteiger partial charge in [0.1, 0.15) is 12.4 Å². The van der Waals surface area contributed by atoms with E-state index in [9.17, 15) is 4.79 Å². The van der Waals surface area contributed by atoms with Crippen LogP contribution >= 0.6 is 0 Å². The normalized spacial score (nSPS) is 12.6. The van der Waals surface area contributed by atoms with Crippen molar-refractivity contribution in [2.75, 3.05) is 0 Å². The molecule has 126 valence electrons. The number of carbonyl (C=O) groups excluding carboxylic acids is 1. The lowest BCUT2D eigenvalue weighted by Crippen LogP contribution is -2.30. The molecule has 0 bridgehead atoms. The molecule has 0 aliphatic rings. The molecule has 4 rings (SSSR count). The van der Waals surface area contributed by atoms with E-state index >= 15 is 0 Å². The summed E-state index contributed by atoms with van der Waals surface area (Å²) in [6, 6.07) is 17.9. The summed E-state index contributed by atoms with van der Waals surface area (Å²) in [6.07, 6.45) is 0. The number of nitrogens with zero attached hydrogens (tertiary/aromatic N) is 2. The van der Waals surface area contributed by atoms with Crippen molar-refractivity contribution in [3.8, 4) is 0 Å². The summed E-state index contributed by atoms with van der Waals surface area (Å²) in [5, 5.41) is 4.18. The van der Waals surface area contributed by atoms with Crippen molar-refractivity contribution in [2.45, 2.75) is 26.4 Å². The number of para-hydroxylation sites is 3. The Labute approximate surface area is 145 Å². The van der Waals surface area contributed by atoms with Gasteiger partial charge in [0.2, 0.25) is 5.91 Å². The summed E-state index contributed by atoms with van der Waals surface area (Å²) >= 11 is 0. The number of hydrogen-bond acceptors (Lipinski definition) is 2. The fraction of sp³-hybridized carbons (Fsp3) is 0.200. The van der Waals surface area contributed by atoms with Crippen molar-refractivity contribution >= 4 is 27.8 Å². The lowest BCUT2D eigenvalue weighted by atomic mass is 10.2. The van der Waals surface area contributed by atoms with Crippen molar-refractivity contribution < 1.29 is 4.79 Å². The highest BCUT2D eigenvalue weighted by Crippen LogP contribution is 2.19. The molecule has 1 unspecified atom stereocenters. The first kappa shape index (κ1) is 15.4. The molecule has 0 saturated heterocycles. The van der Waals surface area contributed by atoms with Gasteiger partial charge < -0.3 is 14.9 Å². The number of amides is 1. The van der Waals surface area contributed by atoms with E-state index in [4.69, 9.17) is 0 Å². The Hall–Kier alpha value is -3.08. The summed E-state index contributed by atoms with van der Waals surface area (Å²) in [7, 11) is 0. The van der Waals surface area contributed by atoms with Gasteiger partial charge in [-0.25, -0.2) is 4.98 Å². The largest absolute Gasteiger partial charge is 0.345 e. The first-order valence-corrected chi connectivity index (χ1v) is 8.41. The monoisotopic (exact) mass is 332 g/mol. The van der Waals surface area contributed by atoms with Crippen LogP contribution in [-0.2, 0) is 11.3 Å². The zero-order valence-corrected chi connectivity index (χ0v) is 14.3. The summed E-state index contributed by atoms with van der Waals surface area (Å²) in [5.41, 5.74) is 4.04. The number of aromatic nitrogens is 3. The van der Waals surface area contributed by atoms with E-state index < -0.39 is 0 Å². The molecule has 5 heteroatoms. The van der Waals surface area contributed by atoms with Gasteiger partial charge in [0, 0.05) is 11.2 Å². The number of H-pyrrole nitrogens is 1. The third-order valence-corrected chi connectivity index (χ3v) is 4.51. The van der Waals surface area contributed by atoms with E-state index in [0.29, 0.717) is 6.54 Å². The number of benzene rings is 2. The van der Waals surface area contributed by atoms with Crippen LogP contribution in [0.4, 0.5) is 0 Å². The fourth-order valence-corrected chi connectivity index (χ4v) is 3.23. The van der Waals surface area contributed by atoms with Crippen LogP contribution in [0.25, 0.3) is 21.9 Å². The van der Waals surface area contributed by atoms with E-state index in [1.165, 1.54) is 0 Å². The van der Waals surface area contributed by atoms with Crippen LogP contribution in [-0.4, -0.2) is 20.4 Å². The number of rotatable bonds is 4. The third kappa shape index (κ3) is 2.89. The quantitative estimate of drug-likeness (QED) is 0.598.